The minimum absolute atomic E-state index is 0.0596. The fourth-order valence-electron chi connectivity index (χ4n) is 4.06. The van der Waals surface area contributed by atoms with Gasteiger partial charge < -0.3 is 20.1 Å². The fourth-order valence-corrected chi connectivity index (χ4v) is 4.06. The van der Waals surface area contributed by atoms with Crippen molar-refractivity contribution < 1.29 is 39.2 Å². The van der Waals surface area contributed by atoms with E-state index in [2.05, 4.69) is 6.92 Å². The van der Waals surface area contributed by atoms with Crippen LogP contribution in [0.5, 0.6) is 5.75 Å². The summed E-state index contributed by atoms with van der Waals surface area (Å²) < 4.78 is 4.85. The summed E-state index contributed by atoms with van der Waals surface area (Å²) in [5, 5.41) is 26.1. The van der Waals surface area contributed by atoms with E-state index in [1.54, 1.807) is 13.0 Å². The topological polar surface area (TPSA) is 138 Å². The van der Waals surface area contributed by atoms with Gasteiger partial charge in [-0.1, -0.05) is 96.5 Å². The van der Waals surface area contributed by atoms with E-state index in [1.807, 2.05) is 0 Å². The highest BCUT2D eigenvalue weighted by Gasteiger charge is 2.10. The Morgan fingerprint density at radius 3 is 1.44 bits per heavy atom. The Bertz CT molecular complexity index is 834. The van der Waals surface area contributed by atoms with E-state index in [-0.39, 0.29) is 24.2 Å². The van der Waals surface area contributed by atoms with Gasteiger partial charge in [-0.25, -0.2) is 4.79 Å². The molecular formula is C31H50O8. The lowest BCUT2D eigenvalue weighted by Gasteiger charge is -2.04. The van der Waals surface area contributed by atoms with Gasteiger partial charge in [-0.15, -0.1) is 0 Å². The average molecular weight is 551 g/mol. The van der Waals surface area contributed by atoms with Gasteiger partial charge in [-0.2, -0.15) is 0 Å². The molecule has 8 nitrogen and oxygen atoms in total. The number of aliphatic carboxylic acids is 1. The monoisotopic (exact) mass is 550 g/mol. The summed E-state index contributed by atoms with van der Waals surface area (Å²) in [6.07, 6.45) is 18.3. The molecule has 39 heavy (non-hydrogen) atoms. The van der Waals surface area contributed by atoms with Crippen LogP contribution < -0.4 is 0 Å². The van der Waals surface area contributed by atoms with Gasteiger partial charge in [0.25, 0.3) is 0 Å². The third kappa shape index (κ3) is 22.8. The Morgan fingerprint density at radius 1 is 0.641 bits per heavy atom. The summed E-state index contributed by atoms with van der Waals surface area (Å²) in [6.45, 7) is 4.02. The standard InChI is InChI=1S/C23H42O5.C8H8O3/c1-2-3-4-5-6-7-8-9-10-13-16-19-22(26)28-23(27)20-17-14-11-12-15-18-21(24)25;1-5-2-3-6(8(10)11)7(9)4-5/h2-20H2,1H3,(H,24,25);2-4,9H,1H3,(H,10,11). The number of rotatable bonds is 21. The lowest BCUT2D eigenvalue weighted by molar-refractivity contribution is -0.159. The molecule has 0 aromatic heterocycles. The zero-order valence-corrected chi connectivity index (χ0v) is 24.0. The second-order valence-corrected chi connectivity index (χ2v) is 10.1. The van der Waals surface area contributed by atoms with E-state index in [9.17, 15) is 19.2 Å². The quantitative estimate of drug-likeness (QED) is 0.0795. The first-order chi connectivity index (χ1) is 18.7. The highest BCUT2D eigenvalue weighted by atomic mass is 16.6. The first-order valence-electron chi connectivity index (χ1n) is 14.7. The SMILES string of the molecule is CCCCCCCCCCCCCC(=O)OC(=O)CCCCCCCC(=O)O.Cc1ccc(C(=O)O)c(O)c1. The number of ether oxygens (including phenoxy) is 1. The number of aryl methyl sites for hydroxylation is 1. The van der Waals surface area contributed by atoms with Crippen molar-refractivity contribution in [2.24, 2.45) is 0 Å². The molecule has 0 unspecified atom stereocenters. The van der Waals surface area contributed by atoms with Crippen LogP contribution in [0.15, 0.2) is 18.2 Å². The normalized spacial score (nSPS) is 10.4. The van der Waals surface area contributed by atoms with Gasteiger partial charge in [-0.05, 0) is 43.9 Å². The van der Waals surface area contributed by atoms with E-state index in [0.717, 1.165) is 44.1 Å². The summed E-state index contributed by atoms with van der Waals surface area (Å²) in [6, 6.07) is 4.44. The molecule has 1 aromatic carbocycles. The predicted octanol–water partition coefficient (Wildman–Crippen LogP) is 7.97. The van der Waals surface area contributed by atoms with Crippen molar-refractivity contribution in [2.75, 3.05) is 0 Å². The molecule has 222 valence electrons. The second kappa shape index (κ2) is 24.2. The minimum atomic E-state index is -1.11. The number of benzene rings is 1. The number of carboxylic acid groups (broad SMARTS) is 2. The first kappa shape index (κ1) is 36.1. The smallest absolute Gasteiger partial charge is 0.339 e. The summed E-state index contributed by atoms with van der Waals surface area (Å²) in [5.74, 6) is -2.89. The Morgan fingerprint density at radius 2 is 1.05 bits per heavy atom. The number of hydrogen-bond acceptors (Lipinski definition) is 6. The molecule has 0 saturated carbocycles. The van der Waals surface area contributed by atoms with Crippen molar-refractivity contribution in [3.05, 3.63) is 29.3 Å². The number of hydrogen-bond donors (Lipinski definition) is 3. The Hall–Kier alpha value is -2.90. The molecule has 0 atom stereocenters. The summed E-state index contributed by atoms with van der Waals surface area (Å²) >= 11 is 0. The minimum Gasteiger partial charge on any atom is -0.507 e. The maximum Gasteiger partial charge on any atom is 0.339 e. The van der Waals surface area contributed by atoms with E-state index in [0.29, 0.717) is 19.3 Å². The van der Waals surface area contributed by atoms with Crippen molar-refractivity contribution in [3.63, 3.8) is 0 Å². The third-order valence-corrected chi connectivity index (χ3v) is 6.37. The van der Waals surface area contributed by atoms with Crippen LogP contribution in [0.1, 0.15) is 145 Å². The van der Waals surface area contributed by atoms with E-state index in [4.69, 9.17) is 20.1 Å². The average Bonchev–Trinajstić information content (AvgIpc) is 2.86. The third-order valence-electron chi connectivity index (χ3n) is 6.37. The Balaban J connectivity index is 0.00000108. The zero-order chi connectivity index (χ0) is 29.3. The van der Waals surface area contributed by atoms with Crippen molar-refractivity contribution in [2.45, 2.75) is 136 Å². The van der Waals surface area contributed by atoms with Gasteiger partial charge in [0, 0.05) is 19.3 Å². The number of esters is 2. The molecule has 0 aliphatic rings. The van der Waals surface area contributed by atoms with Crippen LogP contribution in [0.3, 0.4) is 0 Å². The highest BCUT2D eigenvalue weighted by Crippen LogP contribution is 2.17. The van der Waals surface area contributed by atoms with Gasteiger partial charge in [0.15, 0.2) is 0 Å². The van der Waals surface area contributed by atoms with Gasteiger partial charge in [0.05, 0.1) is 0 Å². The molecule has 0 fully saturated rings. The first-order valence-corrected chi connectivity index (χ1v) is 14.7. The Labute approximate surface area is 234 Å². The van der Waals surface area contributed by atoms with Crippen molar-refractivity contribution >= 4 is 23.9 Å². The van der Waals surface area contributed by atoms with Crippen LogP contribution in [-0.4, -0.2) is 39.2 Å². The van der Waals surface area contributed by atoms with Gasteiger partial charge in [0.2, 0.25) is 0 Å². The molecule has 0 spiro atoms. The number of aromatic carboxylic acids is 1. The number of carbonyl (C=O) groups is 4. The number of unbranched alkanes of at least 4 members (excludes halogenated alkanes) is 14. The Kier molecular flexibility index (Phi) is 22.4. The number of phenols is 1. The van der Waals surface area contributed by atoms with Crippen molar-refractivity contribution in [1.29, 1.82) is 0 Å². The summed E-state index contributed by atoms with van der Waals surface area (Å²) in [7, 11) is 0. The van der Waals surface area contributed by atoms with Crippen LogP contribution in [0, 0.1) is 6.92 Å². The van der Waals surface area contributed by atoms with Crippen LogP contribution >= 0.6 is 0 Å². The summed E-state index contributed by atoms with van der Waals surface area (Å²) in [4.78, 5) is 44.0. The van der Waals surface area contributed by atoms with Gasteiger partial charge in [0.1, 0.15) is 11.3 Å². The molecule has 0 saturated heterocycles. The molecule has 1 aromatic rings. The van der Waals surface area contributed by atoms with Gasteiger partial charge in [-0.3, -0.25) is 14.4 Å². The van der Waals surface area contributed by atoms with E-state index < -0.39 is 23.9 Å². The van der Waals surface area contributed by atoms with Crippen LogP contribution in [0.2, 0.25) is 0 Å². The van der Waals surface area contributed by atoms with Crippen LogP contribution in [0.25, 0.3) is 0 Å². The van der Waals surface area contributed by atoms with E-state index in [1.165, 1.54) is 63.5 Å². The molecule has 0 radical (unpaired) electrons. The van der Waals surface area contributed by atoms with Crippen molar-refractivity contribution in [1.82, 2.24) is 0 Å². The molecule has 0 aliphatic carbocycles. The number of carboxylic acids is 2. The van der Waals surface area contributed by atoms with Gasteiger partial charge >= 0.3 is 23.9 Å². The molecule has 3 N–H and O–H groups in total. The molecule has 8 heteroatoms. The predicted molar refractivity (Wildman–Crippen MR) is 152 cm³/mol. The molecule has 0 amide bonds. The molecule has 0 aliphatic heterocycles. The molecule has 0 bridgehead atoms. The molecule has 0 heterocycles. The fraction of sp³-hybridized carbons (Fsp3) is 0.677. The largest absolute Gasteiger partial charge is 0.507 e. The maximum absolute atomic E-state index is 11.7. The lowest BCUT2D eigenvalue weighted by Crippen LogP contribution is -2.11. The highest BCUT2D eigenvalue weighted by molar-refractivity contribution is 5.90. The lowest BCUT2D eigenvalue weighted by atomic mass is 10.1. The second-order valence-electron chi connectivity index (χ2n) is 10.1. The van der Waals surface area contributed by atoms with E-state index >= 15 is 0 Å². The van der Waals surface area contributed by atoms with Crippen molar-refractivity contribution in [3.8, 4) is 5.75 Å². The van der Waals surface area contributed by atoms with Crippen LogP contribution in [-0.2, 0) is 19.1 Å². The maximum atomic E-state index is 11.7. The molecule has 1 rings (SSSR count). The zero-order valence-electron chi connectivity index (χ0n) is 24.0. The number of aromatic hydroxyl groups is 1. The summed E-state index contributed by atoms with van der Waals surface area (Å²) in [5.41, 5.74) is 0.781. The van der Waals surface area contributed by atoms with Crippen LogP contribution in [0.4, 0.5) is 0 Å². The number of carbonyl (C=O) groups excluding carboxylic acids is 2. The molecular weight excluding hydrogens is 500 g/mol.